The van der Waals surface area contributed by atoms with Crippen LogP contribution in [0.1, 0.15) is 35.7 Å². The van der Waals surface area contributed by atoms with Crippen molar-refractivity contribution in [2.75, 3.05) is 0 Å². The largest absolute Gasteiger partial charge is 0.323 e. The third-order valence-corrected chi connectivity index (χ3v) is 3.14. The molecule has 0 amide bonds. The number of hydrogen-bond donors (Lipinski definition) is 1. The summed E-state index contributed by atoms with van der Waals surface area (Å²) < 4.78 is 0. The molecule has 0 radical (unpaired) electrons. The highest BCUT2D eigenvalue weighted by molar-refractivity contribution is 5.17. The van der Waals surface area contributed by atoms with Crippen LogP contribution in [0.15, 0.2) is 48.7 Å². The number of hydrogen-bond acceptors (Lipinski definition) is 2. The third kappa shape index (κ3) is 3.67. The van der Waals surface area contributed by atoms with E-state index in [0.29, 0.717) is 0 Å². The number of aromatic nitrogens is 1. The first kappa shape index (κ1) is 12.8. The highest BCUT2D eigenvalue weighted by atomic mass is 14.8. The van der Waals surface area contributed by atoms with E-state index in [1.807, 2.05) is 18.3 Å². The third-order valence-electron chi connectivity index (χ3n) is 3.14. The van der Waals surface area contributed by atoms with Crippen LogP contribution in [-0.4, -0.2) is 4.98 Å². The molecule has 0 aliphatic heterocycles. The molecule has 2 N–H and O–H groups in total. The summed E-state index contributed by atoms with van der Waals surface area (Å²) in [6.45, 7) is 2.07. The van der Waals surface area contributed by atoms with Gasteiger partial charge in [0.25, 0.3) is 0 Å². The normalized spacial score (nSPS) is 12.3. The second kappa shape index (κ2) is 6.31. The lowest BCUT2D eigenvalue weighted by molar-refractivity contribution is 0.597. The predicted molar refractivity (Wildman–Crippen MR) is 75.3 cm³/mol. The molecule has 0 saturated heterocycles. The molecule has 0 aliphatic rings. The Balaban J connectivity index is 1.83. The molecule has 2 nitrogen and oxygen atoms in total. The topological polar surface area (TPSA) is 38.9 Å². The first-order chi connectivity index (χ1) is 8.75. The van der Waals surface area contributed by atoms with Crippen molar-refractivity contribution < 1.29 is 0 Å². The Morgan fingerprint density at radius 1 is 1.17 bits per heavy atom. The van der Waals surface area contributed by atoms with E-state index in [4.69, 9.17) is 5.73 Å². The highest BCUT2D eigenvalue weighted by Crippen LogP contribution is 2.16. The summed E-state index contributed by atoms with van der Waals surface area (Å²) in [6, 6.07) is 14.7. The van der Waals surface area contributed by atoms with Crippen LogP contribution >= 0.6 is 0 Å². The lowest BCUT2D eigenvalue weighted by Gasteiger charge is -2.11. The Morgan fingerprint density at radius 2 is 1.94 bits per heavy atom. The summed E-state index contributed by atoms with van der Waals surface area (Å²) in [5.74, 6) is 0. The number of nitrogens with zero attached hydrogens (tertiary/aromatic N) is 1. The Hall–Kier alpha value is -1.67. The van der Waals surface area contributed by atoms with Crippen molar-refractivity contribution in [1.82, 2.24) is 4.98 Å². The van der Waals surface area contributed by atoms with Crippen LogP contribution in [0.2, 0.25) is 0 Å². The molecule has 1 atom stereocenters. The predicted octanol–water partition coefficient (Wildman–Crippen LogP) is 3.41. The van der Waals surface area contributed by atoms with Crippen LogP contribution in [0, 0.1) is 6.92 Å². The van der Waals surface area contributed by atoms with Crippen LogP contribution in [0.25, 0.3) is 0 Å². The summed E-state index contributed by atoms with van der Waals surface area (Å²) >= 11 is 0. The number of benzene rings is 1. The zero-order valence-corrected chi connectivity index (χ0v) is 10.8. The highest BCUT2D eigenvalue weighted by Gasteiger charge is 2.07. The molecular weight excluding hydrogens is 220 g/mol. The SMILES string of the molecule is Cc1ccnc(C(N)CCCc2ccccc2)c1. The van der Waals surface area contributed by atoms with Crippen molar-refractivity contribution in [3.05, 3.63) is 65.5 Å². The van der Waals surface area contributed by atoms with Crippen molar-refractivity contribution in [1.29, 1.82) is 0 Å². The molecule has 1 unspecified atom stereocenters. The average molecular weight is 240 g/mol. The van der Waals surface area contributed by atoms with Gasteiger partial charge in [-0.05, 0) is 49.4 Å². The van der Waals surface area contributed by atoms with E-state index in [0.717, 1.165) is 25.0 Å². The molecule has 18 heavy (non-hydrogen) atoms. The molecule has 0 saturated carbocycles. The van der Waals surface area contributed by atoms with E-state index < -0.39 is 0 Å². The van der Waals surface area contributed by atoms with E-state index in [9.17, 15) is 0 Å². The first-order valence-electron chi connectivity index (χ1n) is 6.48. The van der Waals surface area contributed by atoms with Gasteiger partial charge in [-0.2, -0.15) is 0 Å². The Morgan fingerprint density at radius 3 is 2.67 bits per heavy atom. The van der Waals surface area contributed by atoms with Gasteiger partial charge in [0.05, 0.1) is 5.69 Å². The lowest BCUT2D eigenvalue weighted by atomic mass is 10.0. The van der Waals surface area contributed by atoms with Crippen molar-refractivity contribution in [3.8, 4) is 0 Å². The van der Waals surface area contributed by atoms with E-state index >= 15 is 0 Å². The Bertz CT molecular complexity index is 479. The molecule has 0 bridgehead atoms. The molecule has 0 fully saturated rings. The van der Waals surface area contributed by atoms with Crippen LogP contribution in [0.5, 0.6) is 0 Å². The van der Waals surface area contributed by atoms with Gasteiger partial charge in [0.15, 0.2) is 0 Å². The minimum absolute atomic E-state index is 0.0496. The second-order valence-electron chi connectivity index (χ2n) is 4.74. The van der Waals surface area contributed by atoms with Gasteiger partial charge < -0.3 is 5.73 Å². The maximum Gasteiger partial charge on any atom is 0.0573 e. The number of pyridine rings is 1. The number of aryl methyl sites for hydroxylation is 2. The van der Waals surface area contributed by atoms with Gasteiger partial charge in [0.1, 0.15) is 0 Å². The van der Waals surface area contributed by atoms with Crippen molar-refractivity contribution in [2.24, 2.45) is 5.73 Å². The monoisotopic (exact) mass is 240 g/mol. The fourth-order valence-corrected chi connectivity index (χ4v) is 2.08. The molecule has 2 aromatic rings. The zero-order valence-electron chi connectivity index (χ0n) is 10.8. The number of rotatable bonds is 5. The zero-order chi connectivity index (χ0) is 12.8. The van der Waals surface area contributed by atoms with E-state index in [1.54, 1.807) is 0 Å². The van der Waals surface area contributed by atoms with Gasteiger partial charge >= 0.3 is 0 Å². The van der Waals surface area contributed by atoms with Crippen LogP contribution in [-0.2, 0) is 6.42 Å². The Labute approximate surface area is 109 Å². The smallest absolute Gasteiger partial charge is 0.0573 e. The molecule has 94 valence electrons. The van der Waals surface area contributed by atoms with E-state index in [-0.39, 0.29) is 6.04 Å². The minimum Gasteiger partial charge on any atom is -0.323 e. The van der Waals surface area contributed by atoms with E-state index in [1.165, 1.54) is 11.1 Å². The lowest BCUT2D eigenvalue weighted by Crippen LogP contribution is -2.12. The maximum atomic E-state index is 6.17. The van der Waals surface area contributed by atoms with Gasteiger partial charge in [0.2, 0.25) is 0 Å². The van der Waals surface area contributed by atoms with Crippen molar-refractivity contribution in [3.63, 3.8) is 0 Å². The summed E-state index contributed by atoms with van der Waals surface area (Å²) in [5.41, 5.74) is 9.77. The van der Waals surface area contributed by atoms with Gasteiger partial charge in [-0.3, -0.25) is 4.98 Å². The number of nitrogens with two attached hydrogens (primary N) is 1. The molecule has 1 heterocycles. The fourth-order valence-electron chi connectivity index (χ4n) is 2.08. The summed E-state index contributed by atoms with van der Waals surface area (Å²) in [7, 11) is 0. The van der Waals surface area contributed by atoms with Crippen molar-refractivity contribution >= 4 is 0 Å². The molecule has 1 aromatic heterocycles. The molecule has 1 aromatic carbocycles. The molecular formula is C16H20N2. The van der Waals surface area contributed by atoms with E-state index in [2.05, 4.69) is 42.2 Å². The average Bonchev–Trinajstić information content (AvgIpc) is 2.40. The van der Waals surface area contributed by atoms with Crippen LogP contribution in [0.3, 0.4) is 0 Å². The minimum atomic E-state index is 0.0496. The summed E-state index contributed by atoms with van der Waals surface area (Å²) in [6.07, 6.45) is 4.99. The second-order valence-corrected chi connectivity index (χ2v) is 4.74. The standard InChI is InChI=1S/C16H20N2/c1-13-10-11-18-16(12-13)15(17)9-5-8-14-6-3-2-4-7-14/h2-4,6-7,10-12,15H,5,8-9,17H2,1H3. The summed E-state index contributed by atoms with van der Waals surface area (Å²) in [4.78, 5) is 4.34. The maximum absolute atomic E-state index is 6.17. The van der Waals surface area contributed by atoms with Crippen LogP contribution < -0.4 is 5.73 Å². The molecule has 2 heteroatoms. The van der Waals surface area contributed by atoms with Crippen molar-refractivity contribution in [2.45, 2.75) is 32.2 Å². The van der Waals surface area contributed by atoms with Gasteiger partial charge in [-0.15, -0.1) is 0 Å². The first-order valence-corrected chi connectivity index (χ1v) is 6.48. The molecule has 0 spiro atoms. The Kier molecular flexibility index (Phi) is 4.48. The van der Waals surface area contributed by atoms with Gasteiger partial charge in [-0.1, -0.05) is 30.3 Å². The molecule has 0 aliphatic carbocycles. The fraction of sp³-hybridized carbons (Fsp3) is 0.312. The van der Waals surface area contributed by atoms with Gasteiger partial charge in [-0.25, -0.2) is 0 Å². The summed E-state index contributed by atoms with van der Waals surface area (Å²) in [5, 5.41) is 0. The van der Waals surface area contributed by atoms with Gasteiger partial charge in [0, 0.05) is 12.2 Å². The van der Waals surface area contributed by atoms with Crippen LogP contribution in [0.4, 0.5) is 0 Å². The molecule has 2 rings (SSSR count). The quantitative estimate of drug-likeness (QED) is 0.869.